The highest BCUT2D eigenvalue weighted by atomic mass is 16.6. The summed E-state index contributed by atoms with van der Waals surface area (Å²) in [6, 6.07) is 3.72. The van der Waals surface area contributed by atoms with Gasteiger partial charge in [0.2, 0.25) is 0 Å². The van der Waals surface area contributed by atoms with Gasteiger partial charge in [0.1, 0.15) is 5.69 Å². The molecule has 1 rings (SSSR count). The van der Waals surface area contributed by atoms with E-state index in [1.165, 1.54) is 12.1 Å². The molecule has 1 aromatic carbocycles. The van der Waals surface area contributed by atoms with E-state index in [4.69, 9.17) is 0 Å². The molecule has 0 aliphatic carbocycles. The Morgan fingerprint density at radius 2 is 1.75 bits per heavy atom. The van der Waals surface area contributed by atoms with Gasteiger partial charge in [-0.15, -0.1) is 0 Å². The minimum atomic E-state index is -0.638. The van der Waals surface area contributed by atoms with E-state index in [1.807, 2.05) is 6.92 Å². The zero-order valence-electron chi connectivity index (χ0n) is 11.8. The van der Waals surface area contributed by atoms with Crippen molar-refractivity contribution in [2.75, 3.05) is 5.32 Å². The third-order valence-corrected chi connectivity index (χ3v) is 3.53. The standard InChI is InChI=1S/C13H19N3O4/c1-4-10(5-2)9(3)14-12-7-6-11(15(17)18)8-13(12)16(19)20/h6-10,14H,4-5H2,1-3H3. The van der Waals surface area contributed by atoms with E-state index in [2.05, 4.69) is 19.2 Å². The van der Waals surface area contributed by atoms with Gasteiger partial charge in [0.05, 0.1) is 15.9 Å². The Labute approximate surface area is 117 Å². The van der Waals surface area contributed by atoms with E-state index in [0.717, 1.165) is 18.9 Å². The molecule has 0 aliphatic heterocycles. The van der Waals surface area contributed by atoms with Gasteiger partial charge in [-0.3, -0.25) is 20.2 Å². The summed E-state index contributed by atoms with van der Waals surface area (Å²) in [7, 11) is 0. The lowest BCUT2D eigenvalue weighted by Crippen LogP contribution is -2.25. The quantitative estimate of drug-likeness (QED) is 0.606. The Kier molecular flexibility index (Phi) is 5.42. The Morgan fingerprint density at radius 3 is 2.20 bits per heavy atom. The maximum Gasteiger partial charge on any atom is 0.299 e. The number of nitro groups is 2. The second-order valence-corrected chi connectivity index (χ2v) is 4.73. The molecule has 0 heterocycles. The van der Waals surface area contributed by atoms with E-state index in [9.17, 15) is 20.2 Å². The van der Waals surface area contributed by atoms with Crippen LogP contribution in [0.1, 0.15) is 33.6 Å². The number of hydrogen-bond donors (Lipinski definition) is 1. The molecule has 1 aromatic rings. The average molecular weight is 281 g/mol. The van der Waals surface area contributed by atoms with Crippen LogP contribution in [-0.4, -0.2) is 15.9 Å². The van der Waals surface area contributed by atoms with E-state index >= 15 is 0 Å². The van der Waals surface area contributed by atoms with Crippen LogP contribution in [0, 0.1) is 26.1 Å². The van der Waals surface area contributed by atoms with Crippen molar-refractivity contribution in [2.24, 2.45) is 5.92 Å². The highest BCUT2D eigenvalue weighted by molar-refractivity contribution is 5.65. The number of benzene rings is 1. The second-order valence-electron chi connectivity index (χ2n) is 4.73. The van der Waals surface area contributed by atoms with Crippen molar-refractivity contribution in [3.63, 3.8) is 0 Å². The van der Waals surface area contributed by atoms with Crippen molar-refractivity contribution in [1.29, 1.82) is 0 Å². The fraction of sp³-hybridized carbons (Fsp3) is 0.538. The number of nitro benzene ring substituents is 2. The number of anilines is 1. The molecule has 110 valence electrons. The molecule has 0 saturated heterocycles. The van der Waals surface area contributed by atoms with Crippen LogP contribution in [0.2, 0.25) is 0 Å². The molecule has 20 heavy (non-hydrogen) atoms. The van der Waals surface area contributed by atoms with E-state index in [1.54, 1.807) is 0 Å². The van der Waals surface area contributed by atoms with Gasteiger partial charge in [0.15, 0.2) is 0 Å². The van der Waals surface area contributed by atoms with Crippen LogP contribution in [0.25, 0.3) is 0 Å². The molecular weight excluding hydrogens is 262 g/mol. The Morgan fingerprint density at radius 1 is 1.15 bits per heavy atom. The van der Waals surface area contributed by atoms with Crippen LogP contribution < -0.4 is 5.32 Å². The zero-order valence-corrected chi connectivity index (χ0v) is 11.8. The molecule has 0 aromatic heterocycles. The van der Waals surface area contributed by atoms with E-state index in [0.29, 0.717) is 11.6 Å². The smallest absolute Gasteiger partial charge is 0.299 e. The average Bonchev–Trinajstić information content (AvgIpc) is 2.39. The Balaban J connectivity index is 3.06. The summed E-state index contributed by atoms with van der Waals surface area (Å²) in [4.78, 5) is 20.5. The van der Waals surface area contributed by atoms with Gasteiger partial charge < -0.3 is 5.32 Å². The molecule has 0 amide bonds. The van der Waals surface area contributed by atoms with Crippen LogP contribution >= 0.6 is 0 Å². The molecule has 0 saturated carbocycles. The van der Waals surface area contributed by atoms with Crippen molar-refractivity contribution >= 4 is 17.1 Å². The summed E-state index contributed by atoms with van der Waals surface area (Å²) < 4.78 is 0. The summed E-state index contributed by atoms with van der Waals surface area (Å²) in [6.07, 6.45) is 1.93. The van der Waals surface area contributed by atoms with Gasteiger partial charge in [0.25, 0.3) is 11.4 Å². The number of non-ortho nitro benzene ring substituents is 1. The molecule has 1 N–H and O–H groups in total. The molecule has 0 aliphatic rings. The largest absolute Gasteiger partial charge is 0.377 e. The number of hydrogen-bond acceptors (Lipinski definition) is 5. The van der Waals surface area contributed by atoms with E-state index < -0.39 is 9.85 Å². The summed E-state index contributed by atoms with van der Waals surface area (Å²) in [5.41, 5.74) is -0.227. The lowest BCUT2D eigenvalue weighted by atomic mass is 9.95. The zero-order chi connectivity index (χ0) is 15.3. The van der Waals surface area contributed by atoms with Gasteiger partial charge in [-0.1, -0.05) is 26.7 Å². The van der Waals surface area contributed by atoms with Gasteiger partial charge >= 0.3 is 0 Å². The van der Waals surface area contributed by atoms with Crippen LogP contribution in [0.4, 0.5) is 17.1 Å². The Hall–Kier alpha value is -2.18. The monoisotopic (exact) mass is 281 g/mol. The molecule has 0 radical (unpaired) electrons. The molecule has 7 heteroatoms. The van der Waals surface area contributed by atoms with Crippen molar-refractivity contribution in [1.82, 2.24) is 0 Å². The first-order valence-electron chi connectivity index (χ1n) is 6.60. The molecule has 0 spiro atoms. The molecule has 0 fully saturated rings. The van der Waals surface area contributed by atoms with Gasteiger partial charge in [0, 0.05) is 12.1 Å². The van der Waals surface area contributed by atoms with Crippen molar-refractivity contribution < 1.29 is 9.85 Å². The molecule has 1 unspecified atom stereocenters. The molecule has 7 nitrogen and oxygen atoms in total. The fourth-order valence-electron chi connectivity index (χ4n) is 2.27. The summed E-state index contributed by atoms with van der Waals surface area (Å²) in [5, 5.41) is 24.8. The maximum absolute atomic E-state index is 11.0. The van der Waals surface area contributed by atoms with Crippen LogP contribution in [0.15, 0.2) is 18.2 Å². The SMILES string of the molecule is CCC(CC)C(C)Nc1ccc([N+](=O)[O-])cc1[N+](=O)[O-]. The fourth-order valence-corrected chi connectivity index (χ4v) is 2.27. The second kappa shape index (κ2) is 6.83. The first-order chi connectivity index (χ1) is 9.40. The van der Waals surface area contributed by atoms with Crippen molar-refractivity contribution in [3.05, 3.63) is 38.4 Å². The number of rotatable bonds is 7. The Bertz CT molecular complexity index is 500. The summed E-state index contributed by atoms with van der Waals surface area (Å²) in [6.45, 7) is 6.09. The number of nitrogens with zero attached hydrogens (tertiary/aromatic N) is 2. The highest BCUT2D eigenvalue weighted by Crippen LogP contribution is 2.30. The molecule has 0 bridgehead atoms. The third kappa shape index (κ3) is 3.66. The third-order valence-electron chi connectivity index (χ3n) is 3.53. The topological polar surface area (TPSA) is 98.3 Å². The minimum absolute atomic E-state index is 0.0603. The van der Waals surface area contributed by atoms with Crippen LogP contribution in [0.5, 0.6) is 0 Å². The highest BCUT2D eigenvalue weighted by Gasteiger charge is 2.22. The molecular formula is C13H19N3O4. The maximum atomic E-state index is 11.0. The predicted octanol–water partition coefficient (Wildman–Crippen LogP) is 3.74. The first-order valence-corrected chi connectivity index (χ1v) is 6.60. The van der Waals surface area contributed by atoms with Gasteiger partial charge in [-0.25, -0.2) is 0 Å². The van der Waals surface area contributed by atoms with Crippen molar-refractivity contribution in [3.8, 4) is 0 Å². The predicted molar refractivity (Wildman–Crippen MR) is 76.9 cm³/mol. The van der Waals surface area contributed by atoms with Crippen LogP contribution in [-0.2, 0) is 0 Å². The normalized spacial score (nSPS) is 12.2. The van der Waals surface area contributed by atoms with Gasteiger partial charge in [-0.05, 0) is 18.9 Å². The minimum Gasteiger partial charge on any atom is -0.377 e. The lowest BCUT2D eigenvalue weighted by Gasteiger charge is -2.23. The van der Waals surface area contributed by atoms with Crippen molar-refractivity contribution in [2.45, 2.75) is 39.7 Å². The summed E-state index contributed by atoms with van der Waals surface area (Å²) in [5.74, 6) is 0.393. The van der Waals surface area contributed by atoms with Crippen LogP contribution in [0.3, 0.4) is 0 Å². The number of nitrogens with one attached hydrogen (secondary N) is 1. The van der Waals surface area contributed by atoms with Gasteiger partial charge in [-0.2, -0.15) is 0 Å². The summed E-state index contributed by atoms with van der Waals surface area (Å²) >= 11 is 0. The lowest BCUT2D eigenvalue weighted by molar-refractivity contribution is -0.393. The van der Waals surface area contributed by atoms with E-state index in [-0.39, 0.29) is 17.4 Å². The first kappa shape index (κ1) is 15.9. The molecule has 1 atom stereocenters.